The maximum atomic E-state index is 8.74. The van der Waals surface area contributed by atoms with E-state index in [1.165, 1.54) is 109 Å². The van der Waals surface area contributed by atoms with E-state index >= 15 is 0 Å². The predicted molar refractivity (Wildman–Crippen MR) is 117 cm³/mol. The van der Waals surface area contributed by atoms with Crippen LogP contribution in [0.1, 0.15) is 122 Å². The van der Waals surface area contributed by atoms with Crippen LogP contribution in [0, 0.1) is 0 Å². The molecule has 0 amide bonds. The number of unbranched alkanes of at least 4 members (excludes halogenated alkanes) is 17. The SMILES string of the molecule is CCCCCCCCCCCCCCCCCCCCO.O=S(=O)(O)O.[NaH]. The summed E-state index contributed by atoms with van der Waals surface area (Å²) in [5.41, 5.74) is 0. The molecule has 0 aromatic heterocycles. The molecule has 162 valence electrons. The minimum absolute atomic E-state index is 0. The molecular formula is C20H45NaO5S. The second kappa shape index (κ2) is 26.8. The molecule has 0 fully saturated rings. The average molecular weight is 421 g/mol. The van der Waals surface area contributed by atoms with Gasteiger partial charge in [0.05, 0.1) is 0 Å². The Morgan fingerprint density at radius 3 is 0.889 bits per heavy atom. The summed E-state index contributed by atoms with van der Waals surface area (Å²) < 4.78 is 31.6. The van der Waals surface area contributed by atoms with Crippen molar-refractivity contribution in [2.24, 2.45) is 0 Å². The van der Waals surface area contributed by atoms with E-state index in [1.54, 1.807) is 0 Å². The summed E-state index contributed by atoms with van der Waals surface area (Å²) in [6.07, 6.45) is 25.1. The molecule has 7 heteroatoms. The standard InChI is InChI=1S/C20H42O.Na.H2O4S.H/c1-2-3-4-5-6-7-8-9-10-11-12-13-14-15-16-17-18-19-20-21;;1-5(2,3)4;/h21H,2-20H2,1H3;;(H2,1,2,3,4);. The van der Waals surface area contributed by atoms with Gasteiger partial charge < -0.3 is 5.11 Å². The van der Waals surface area contributed by atoms with Gasteiger partial charge in [0.25, 0.3) is 0 Å². The van der Waals surface area contributed by atoms with Crippen molar-refractivity contribution in [3.63, 3.8) is 0 Å². The van der Waals surface area contributed by atoms with Crippen molar-refractivity contribution < 1.29 is 22.6 Å². The Labute approximate surface area is 191 Å². The molecule has 0 aliphatic rings. The van der Waals surface area contributed by atoms with Gasteiger partial charge in [-0.1, -0.05) is 116 Å². The van der Waals surface area contributed by atoms with E-state index in [1.807, 2.05) is 0 Å². The molecule has 3 N–H and O–H groups in total. The topological polar surface area (TPSA) is 94.8 Å². The molecule has 0 atom stereocenters. The second-order valence-corrected chi connectivity index (χ2v) is 8.08. The molecule has 0 aromatic carbocycles. The predicted octanol–water partition coefficient (Wildman–Crippen LogP) is 5.72. The Morgan fingerprint density at radius 1 is 0.519 bits per heavy atom. The number of aliphatic hydroxyl groups is 1. The number of aliphatic hydroxyl groups excluding tert-OH is 1. The van der Waals surface area contributed by atoms with Gasteiger partial charge in [0, 0.05) is 6.61 Å². The van der Waals surface area contributed by atoms with Crippen LogP contribution < -0.4 is 0 Å². The molecular weight excluding hydrogens is 375 g/mol. The quantitative estimate of drug-likeness (QED) is 0.150. The third-order valence-electron chi connectivity index (χ3n) is 4.51. The molecule has 0 saturated carbocycles. The van der Waals surface area contributed by atoms with E-state index in [9.17, 15) is 0 Å². The fourth-order valence-electron chi connectivity index (χ4n) is 3.01. The van der Waals surface area contributed by atoms with Crippen molar-refractivity contribution in [3.05, 3.63) is 0 Å². The molecule has 0 unspecified atom stereocenters. The first-order chi connectivity index (χ1) is 12.4. The van der Waals surface area contributed by atoms with Gasteiger partial charge in [0.15, 0.2) is 0 Å². The molecule has 0 heterocycles. The number of hydrogen-bond donors (Lipinski definition) is 3. The van der Waals surface area contributed by atoms with E-state index in [0.717, 1.165) is 6.42 Å². The van der Waals surface area contributed by atoms with Crippen LogP contribution >= 0.6 is 0 Å². The van der Waals surface area contributed by atoms with E-state index < -0.39 is 10.4 Å². The second-order valence-electron chi connectivity index (χ2n) is 7.18. The van der Waals surface area contributed by atoms with E-state index in [2.05, 4.69) is 6.92 Å². The molecule has 5 nitrogen and oxygen atoms in total. The van der Waals surface area contributed by atoms with Gasteiger partial charge in [0.1, 0.15) is 0 Å². The van der Waals surface area contributed by atoms with Crippen LogP contribution in [0.15, 0.2) is 0 Å². The molecule has 0 saturated heterocycles. The van der Waals surface area contributed by atoms with Crippen LogP contribution in [0.3, 0.4) is 0 Å². The number of hydrogen-bond acceptors (Lipinski definition) is 3. The minimum atomic E-state index is -4.67. The van der Waals surface area contributed by atoms with Crippen LogP contribution in [0.25, 0.3) is 0 Å². The molecule has 0 aromatic rings. The first-order valence-corrected chi connectivity index (χ1v) is 12.1. The van der Waals surface area contributed by atoms with Crippen molar-refractivity contribution in [2.75, 3.05) is 6.61 Å². The van der Waals surface area contributed by atoms with Crippen LogP contribution in [-0.4, -0.2) is 58.8 Å². The van der Waals surface area contributed by atoms with Gasteiger partial charge in [0.2, 0.25) is 0 Å². The van der Waals surface area contributed by atoms with Gasteiger partial charge in [-0.25, -0.2) is 0 Å². The third-order valence-corrected chi connectivity index (χ3v) is 4.51. The van der Waals surface area contributed by atoms with Crippen LogP contribution in [0.2, 0.25) is 0 Å². The zero-order valence-electron chi connectivity index (χ0n) is 17.0. The van der Waals surface area contributed by atoms with Gasteiger partial charge >= 0.3 is 40.0 Å². The fraction of sp³-hybridized carbons (Fsp3) is 1.00. The average Bonchev–Trinajstić information content (AvgIpc) is 2.56. The molecule has 0 radical (unpaired) electrons. The van der Waals surface area contributed by atoms with E-state index in [4.69, 9.17) is 22.6 Å². The normalized spacial score (nSPS) is 10.8. The van der Waals surface area contributed by atoms with Crippen molar-refractivity contribution in [3.8, 4) is 0 Å². The Morgan fingerprint density at radius 2 is 0.704 bits per heavy atom. The van der Waals surface area contributed by atoms with E-state index in [0.29, 0.717) is 6.61 Å². The summed E-state index contributed by atoms with van der Waals surface area (Å²) >= 11 is 0. The van der Waals surface area contributed by atoms with Crippen LogP contribution in [-0.2, 0) is 10.4 Å². The third kappa shape index (κ3) is 46.7. The van der Waals surface area contributed by atoms with Gasteiger partial charge in [-0.2, -0.15) is 8.42 Å². The molecule has 27 heavy (non-hydrogen) atoms. The van der Waals surface area contributed by atoms with Crippen molar-refractivity contribution in [2.45, 2.75) is 122 Å². The maximum absolute atomic E-state index is 8.74. The Balaban J connectivity index is -0.000000844. The van der Waals surface area contributed by atoms with Crippen molar-refractivity contribution in [1.29, 1.82) is 0 Å². The first-order valence-electron chi connectivity index (χ1n) is 10.7. The number of rotatable bonds is 18. The van der Waals surface area contributed by atoms with Crippen molar-refractivity contribution in [1.82, 2.24) is 0 Å². The van der Waals surface area contributed by atoms with Gasteiger partial charge in [-0.15, -0.1) is 0 Å². The van der Waals surface area contributed by atoms with Crippen LogP contribution in [0.4, 0.5) is 0 Å². The van der Waals surface area contributed by atoms with E-state index in [-0.39, 0.29) is 29.6 Å². The molecule has 0 aliphatic heterocycles. The molecule has 0 rings (SSSR count). The van der Waals surface area contributed by atoms with Crippen LogP contribution in [0.5, 0.6) is 0 Å². The summed E-state index contributed by atoms with van der Waals surface area (Å²) in [5, 5.41) is 8.69. The first kappa shape index (κ1) is 32.5. The molecule has 0 bridgehead atoms. The zero-order valence-corrected chi connectivity index (χ0v) is 17.8. The Bertz CT molecular complexity index is 324. The van der Waals surface area contributed by atoms with Gasteiger partial charge in [-0.3, -0.25) is 9.11 Å². The zero-order chi connectivity index (χ0) is 19.9. The van der Waals surface area contributed by atoms with Crippen molar-refractivity contribution >= 4 is 40.0 Å². The monoisotopic (exact) mass is 420 g/mol. The fourth-order valence-corrected chi connectivity index (χ4v) is 3.01. The summed E-state index contributed by atoms with van der Waals surface area (Å²) in [6, 6.07) is 0. The summed E-state index contributed by atoms with van der Waals surface area (Å²) in [4.78, 5) is 0. The summed E-state index contributed by atoms with van der Waals surface area (Å²) in [7, 11) is -4.67. The summed E-state index contributed by atoms with van der Waals surface area (Å²) in [5.74, 6) is 0. The Kier molecular flexibility index (Phi) is 32.3. The molecule has 0 spiro atoms. The van der Waals surface area contributed by atoms with Gasteiger partial charge in [-0.05, 0) is 6.42 Å². The summed E-state index contributed by atoms with van der Waals surface area (Å²) in [6.45, 7) is 2.66. The molecule has 0 aliphatic carbocycles. The Hall–Kier alpha value is 0.830.